The molecule has 0 aliphatic heterocycles. The van der Waals surface area contributed by atoms with Crippen molar-refractivity contribution in [1.29, 1.82) is 0 Å². The van der Waals surface area contributed by atoms with E-state index in [-0.39, 0.29) is 20.8 Å². The van der Waals surface area contributed by atoms with E-state index in [0.29, 0.717) is 15.3 Å². The molecule has 0 fully saturated rings. The van der Waals surface area contributed by atoms with Gasteiger partial charge < -0.3 is 0 Å². The highest BCUT2D eigenvalue weighted by Crippen LogP contribution is 2.29. The van der Waals surface area contributed by atoms with E-state index < -0.39 is 15.7 Å². The summed E-state index contributed by atoms with van der Waals surface area (Å²) in [5.41, 5.74) is 0.563. The maximum absolute atomic E-state index is 12.2. The summed E-state index contributed by atoms with van der Waals surface area (Å²) in [5.74, 6) is -0.551. The Labute approximate surface area is 151 Å². The second kappa shape index (κ2) is 6.29. The highest BCUT2D eigenvalue weighted by atomic mass is 35.5. The fraction of sp³-hybridized carbons (Fsp3) is 0.0714. The van der Waals surface area contributed by atoms with Crippen LogP contribution in [0.3, 0.4) is 0 Å². The summed E-state index contributed by atoms with van der Waals surface area (Å²) >= 11 is 12.9. The second-order valence-corrected chi connectivity index (χ2v) is 8.68. The average molecular weight is 402 g/mol. The Morgan fingerprint density at radius 3 is 2.62 bits per heavy atom. The van der Waals surface area contributed by atoms with E-state index in [9.17, 15) is 13.2 Å². The molecule has 0 spiro atoms. The minimum atomic E-state index is -3.31. The first-order chi connectivity index (χ1) is 11.2. The Hall–Kier alpha value is -1.74. The normalized spacial score (nSPS) is 11.6. The minimum absolute atomic E-state index is 0.0137. The number of sulfone groups is 1. The zero-order valence-corrected chi connectivity index (χ0v) is 15.2. The third-order valence-electron chi connectivity index (χ3n) is 3.04. The smallest absolute Gasteiger partial charge is 0.277 e. The third kappa shape index (κ3) is 3.51. The standard InChI is InChI=1S/C14H9Cl2N3O3S2/c1-24(21,22)7-2-4-9-10(6-7)23-14(17-9)19-13(20)12-8(15)3-5-11(16)18-12/h2-6H,1H3,(H,17,19,20). The van der Waals surface area contributed by atoms with E-state index in [1.807, 2.05) is 0 Å². The van der Waals surface area contributed by atoms with Crippen LogP contribution >= 0.6 is 34.5 Å². The molecule has 3 rings (SSSR count). The largest absolute Gasteiger partial charge is 0.296 e. The predicted octanol–water partition coefficient (Wildman–Crippen LogP) is 3.65. The third-order valence-corrected chi connectivity index (χ3v) is 5.59. The van der Waals surface area contributed by atoms with Gasteiger partial charge in [0.25, 0.3) is 5.91 Å². The zero-order chi connectivity index (χ0) is 17.5. The highest BCUT2D eigenvalue weighted by molar-refractivity contribution is 7.90. The van der Waals surface area contributed by atoms with Crippen LogP contribution < -0.4 is 5.32 Å². The first-order valence-corrected chi connectivity index (χ1v) is 9.94. The fourth-order valence-electron chi connectivity index (χ4n) is 1.92. The number of amides is 1. The van der Waals surface area contributed by atoms with Crippen LogP contribution in [0.4, 0.5) is 5.13 Å². The molecule has 0 radical (unpaired) electrons. The van der Waals surface area contributed by atoms with Gasteiger partial charge in [-0.25, -0.2) is 18.4 Å². The van der Waals surface area contributed by atoms with Crippen LogP contribution in [-0.4, -0.2) is 30.5 Å². The lowest BCUT2D eigenvalue weighted by atomic mass is 10.3. The predicted molar refractivity (Wildman–Crippen MR) is 94.9 cm³/mol. The fourth-order valence-corrected chi connectivity index (χ4v) is 3.88. The minimum Gasteiger partial charge on any atom is -0.296 e. The van der Waals surface area contributed by atoms with Crippen molar-refractivity contribution >= 4 is 65.6 Å². The van der Waals surface area contributed by atoms with Crippen molar-refractivity contribution in [1.82, 2.24) is 9.97 Å². The summed E-state index contributed by atoms with van der Waals surface area (Å²) in [7, 11) is -3.31. The molecule has 1 aromatic carbocycles. The molecule has 2 aromatic heterocycles. The Kier molecular flexibility index (Phi) is 4.48. The Bertz CT molecular complexity index is 1060. The van der Waals surface area contributed by atoms with E-state index >= 15 is 0 Å². The van der Waals surface area contributed by atoms with E-state index in [4.69, 9.17) is 23.2 Å². The van der Waals surface area contributed by atoms with Crippen LogP contribution in [0, 0.1) is 0 Å². The first kappa shape index (κ1) is 17.1. The molecule has 0 unspecified atom stereocenters. The Morgan fingerprint density at radius 2 is 1.92 bits per heavy atom. The number of halogens is 2. The lowest BCUT2D eigenvalue weighted by Crippen LogP contribution is -2.14. The molecule has 0 saturated heterocycles. The number of nitrogens with one attached hydrogen (secondary N) is 1. The number of fused-ring (bicyclic) bond motifs is 1. The number of benzene rings is 1. The van der Waals surface area contributed by atoms with Crippen molar-refractivity contribution in [2.45, 2.75) is 4.90 Å². The Morgan fingerprint density at radius 1 is 1.17 bits per heavy atom. The quantitative estimate of drug-likeness (QED) is 0.676. The summed E-state index contributed by atoms with van der Waals surface area (Å²) < 4.78 is 23.8. The number of anilines is 1. The van der Waals surface area contributed by atoms with Gasteiger partial charge in [0.05, 0.1) is 20.1 Å². The van der Waals surface area contributed by atoms with Crippen molar-refractivity contribution in [3.05, 3.63) is 46.2 Å². The number of rotatable bonds is 3. The average Bonchev–Trinajstić information content (AvgIpc) is 2.89. The van der Waals surface area contributed by atoms with Crippen LogP contribution in [0.1, 0.15) is 10.5 Å². The molecule has 24 heavy (non-hydrogen) atoms. The summed E-state index contributed by atoms with van der Waals surface area (Å²) in [5, 5.41) is 3.20. The molecule has 0 atom stereocenters. The maximum Gasteiger partial charge on any atom is 0.277 e. The van der Waals surface area contributed by atoms with Crippen LogP contribution in [-0.2, 0) is 9.84 Å². The first-order valence-electron chi connectivity index (χ1n) is 6.48. The molecular formula is C14H9Cl2N3O3S2. The summed E-state index contributed by atoms with van der Waals surface area (Å²) in [6.45, 7) is 0. The molecule has 0 saturated carbocycles. The van der Waals surface area contributed by atoms with Gasteiger partial charge in [-0.15, -0.1) is 0 Å². The second-order valence-electron chi connectivity index (χ2n) is 4.84. The summed E-state index contributed by atoms with van der Waals surface area (Å²) in [6, 6.07) is 7.52. The number of carbonyl (C=O) groups excluding carboxylic acids is 1. The summed E-state index contributed by atoms with van der Waals surface area (Å²) in [4.78, 5) is 20.6. The molecule has 2 heterocycles. The van der Waals surface area contributed by atoms with Crippen LogP contribution in [0.5, 0.6) is 0 Å². The van der Waals surface area contributed by atoms with Gasteiger partial charge in [-0.1, -0.05) is 34.5 Å². The number of aromatic nitrogens is 2. The van der Waals surface area contributed by atoms with E-state index in [0.717, 1.165) is 17.6 Å². The van der Waals surface area contributed by atoms with E-state index in [1.54, 1.807) is 6.07 Å². The zero-order valence-electron chi connectivity index (χ0n) is 12.1. The van der Waals surface area contributed by atoms with Gasteiger partial charge in [-0.3, -0.25) is 10.1 Å². The van der Waals surface area contributed by atoms with Gasteiger partial charge in [0.2, 0.25) is 0 Å². The molecule has 0 bridgehead atoms. The van der Waals surface area contributed by atoms with Gasteiger partial charge in [0.15, 0.2) is 15.0 Å². The van der Waals surface area contributed by atoms with Crippen LogP contribution in [0.15, 0.2) is 35.2 Å². The van der Waals surface area contributed by atoms with Crippen molar-refractivity contribution < 1.29 is 13.2 Å². The lowest BCUT2D eigenvalue weighted by molar-refractivity contribution is 0.102. The number of nitrogens with zero attached hydrogens (tertiary/aromatic N) is 2. The van der Waals surface area contributed by atoms with Crippen molar-refractivity contribution in [3.8, 4) is 0 Å². The molecule has 0 aliphatic rings. The van der Waals surface area contributed by atoms with E-state index in [2.05, 4.69) is 15.3 Å². The molecule has 0 aliphatic carbocycles. The number of carbonyl (C=O) groups is 1. The van der Waals surface area contributed by atoms with Gasteiger partial charge in [0, 0.05) is 6.26 Å². The van der Waals surface area contributed by atoms with Gasteiger partial charge in [-0.05, 0) is 30.3 Å². The topological polar surface area (TPSA) is 89.0 Å². The van der Waals surface area contributed by atoms with Crippen molar-refractivity contribution in [2.24, 2.45) is 0 Å². The molecule has 124 valence electrons. The monoisotopic (exact) mass is 401 g/mol. The molecule has 10 heteroatoms. The summed E-state index contributed by atoms with van der Waals surface area (Å²) in [6.07, 6.45) is 1.13. The Balaban J connectivity index is 1.93. The highest BCUT2D eigenvalue weighted by Gasteiger charge is 2.16. The number of thiazole rings is 1. The van der Waals surface area contributed by atoms with Crippen molar-refractivity contribution in [3.63, 3.8) is 0 Å². The number of hydrogen-bond acceptors (Lipinski definition) is 6. The lowest BCUT2D eigenvalue weighted by Gasteiger charge is -2.03. The van der Waals surface area contributed by atoms with E-state index in [1.165, 1.54) is 24.3 Å². The molecule has 6 nitrogen and oxygen atoms in total. The maximum atomic E-state index is 12.2. The molecule has 3 aromatic rings. The SMILES string of the molecule is CS(=O)(=O)c1ccc2nc(NC(=O)c3nc(Cl)ccc3Cl)sc2c1. The van der Waals surface area contributed by atoms with Crippen molar-refractivity contribution in [2.75, 3.05) is 11.6 Å². The molecule has 1 amide bonds. The number of pyridine rings is 1. The van der Waals surface area contributed by atoms with Crippen LogP contribution in [0.25, 0.3) is 10.2 Å². The number of hydrogen-bond donors (Lipinski definition) is 1. The molecular weight excluding hydrogens is 393 g/mol. The van der Waals surface area contributed by atoms with Gasteiger partial charge in [-0.2, -0.15) is 0 Å². The van der Waals surface area contributed by atoms with Crippen LogP contribution in [0.2, 0.25) is 10.2 Å². The van der Waals surface area contributed by atoms with Gasteiger partial charge in [0.1, 0.15) is 10.8 Å². The molecule has 1 N–H and O–H groups in total. The van der Waals surface area contributed by atoms with Gasteiger partial charge >= 0.3 is 0 Å².